The summed E-state index contributed by atoms with van der Waals surface area (Å²) in [4.78, 5) is 6.82. The van der Waals surface area contributed by atoms with Gasteiger partial charge in [0, 0.05) is 24.2 Å². The molecule has 3 aromatic heterocycles. The number of rotatable bonds is 5. The second-order valence-corrected chi connectivity index (χ2v) is 7.14. The van der Waals surface area contributed by atoms with Gasteiger partial charge < -0.3 is 14.8 Å². The van der Waals surface area contributed by atoms with E-state index < -0.39 is 5.60 Å². The monoisotopic (exact) mass is 319 g/mol. The lowest BCUT2D eigenvalue weighted by atomic mass is 10.0. The molecule has 0 saturated carbocycles. The van der Waals surface area contributed by atoms with Crippen LogP contribution in [-0.4, -0.2) is 21.0 Å². The minimum atomic E-state index is -1.03. The summed E-state index contributed by atoms with van der Waals surface area (Å²) in [6, 6.07) is 3.68. The fraction of sp³-hybridized carbons (Fsp3) is 0.438. The van der Waals surface area contributed by atoms with E-state index in [-0.39, 0.29) is 0 Å². The number of aliphatic hydroxyl groups is 1. The first kappa shape index (κ1) is 15.3. The van der Waals surface area contributed by atoms with E-state index in [2.05, 4.69) is 27.8 Å². The van der Waals surface area contributed by atoms with Crippen molar-refractivity contribution in [2.45, 2.75) is 39.8 Å². The maximum Gasteiger partial charge on any atom is 0.194 e. The molecule has 0 fully saturated rings. The van der Waals surface area contributed by atoms with E-state index in [0.717, 1.165) is 22.1 Å². The molecule has 3 rings (SSSR count). The molecule has 0 radical (unpaired) electrons. The molecule has 2 N–H and O–H groups in total. The minimum Gasteiger partial charge on any atom is -0.463 e. The van der Waals surface area contributed by atoms with Gasteiger partial charge in [0.25, 0.3) is 0 Å². The van der Waals surface area contributed by atoms with Gasteiger partial charge in [0.1, 0.15) is 17.1 Å². The van der Waals surface area contributed by atoms with E-state index in [9.17, 15) is 5.11 Å². The van der Waals surface area contributed by atoms with Gasteiger partial charge in [0.15, 0.2) is 4.96 Å². The standard InChI is InChI=1S/C16H21N3O2S/c1-10-5-6-14(21-10)16(4,20)9-17-7-13-12(3)18-15-19(13)8-11(2)22-15/h5-6,8,17,20H,7,9H2,1-4H3. The molecule has 0 spiro atoms. The molecule has 0 bridgehead atoms. The molecule has 22 heavy (non-hydrogen) atoms. The molecule has 1 unspecified atom stereocenters. The van der Waals surface area contributed by atoms with Gasteiger partial charge in [-0.25, -0.2) is 4.98 Å². The van der Waals surface area contributed by atoms with Crippen molar-refractivity contribution in [2.24, 2.45) is 0 Å². The molecule has 6 heteroatoms. The topological polar surface area (TPSA) is 62.7 Å². The third kappa shape index (κ3) is 2.82. The highest BCUT2D eigenvalue weighted by Crippen LogP contribution is 2.23. The smallest absolute Gasteiger partial charge is 0.194 e. The number of nitrogens with zero attached hydrogens (tertiary/aromatic N) is 2. The average Bonchev–Trinajstić information content (AvgIpc) is 3.07. The third-order valence-electron chi connectivity index (χ3n) is 3.77. The zero-order chi connectivity index (χ0) is 15.9. The van der Waals surface area contributed by atoms with Crippen LogP contribution in [-0.2, 0) is 12.1 Å². The van der Waals surface area contributed by atoms with Crippen LogP contribution in [0, 0.1) is 20.8 Å². The highest BCUT2D eigenvalue weighted by atomic mass is 32.1. The van der Waals surface area contributed by atoms with Crippen molar-refractivity contribution in [3.63, 3.8) is 0 Å². The van der Waals surface area contributed by atoms with Crippen molar-refractivity contribution >= 4 is 16.3 Å². The van der Waals surface area contributed by atoms with Crippen LogP contribution in [0.25, 0.3) is 4.96 Å². The highest BCUT2D eigenvalue weighted by Gasteiger charge is 2.26. The Balaban J connectivity index is 1.70. The number of hydrogen-bond donors (Lipinski definition) is 2. The number of nitrogens with one attached hydrogen (secondary N) is 1. The fourth-order valence-corrected chi connectivity index (χ4v) is 3.45. The molecule has 3 aromatic rings. The Hall–Kier alpha value is -1.63. The number of thiazole rings is 1. The Morgan fingerprint density at radius 1 is 1.36 bits per heavy atom. The number of fused-ring (bicyclic) bond motifs is 1. The normalized spacial score (nSPS) is 14.6. The number of hydrogen-bond acceptors (Lipinski definition) is 5. The van der Waals surface area contributed by atoms with Crippen molar-refractivity contribution < 1.29 is 9.52 Å². The lowest BCUT2D eigenvalue weighted by Gasteiger charge is -2.21. The Bertz CT molecular complexity index is 798. The van der Waals surface area contributed by atoms with Crippen LogP contribution in [0.4, 0.5) is 0 Å². The molecule has 5 nitrogen and oxygen atoms in total. The fourth-order valence-electron chi connectivity index (χ4n) is 2.56. The molecule has 3 heterocycles. The molecule has 0 aliphatic heterocycles. The molecule has 118 valence electrons. The summed E-state index contributed by atoms with van der Waals surface area (Å²) >= 11 is 1.69. The lowest BCUT2D eigenvalue weighted by Crippen LogP contribution is -2.35. The first-order valence-electron chi connectivity index (χ1n) is 7.31. The van der Waals surface area contributed by atoms with Gasteiger partial charge in [-0.3, -0.25) is 4.40 Å². The van der Waals surface area contributed by atoms with Gasteiger partial charge in [-0.2, -0.15) is 0 Å². The summed E-state index contributed by atoms with van der Waals surface area (Å²) in [5.74, 6) is 1.39. The summed E-state index contributed by atoms with van der Waals surface area (Å²) in [6.07, 6.45) is 2.10. The molecule has 1 atom stereocenters. The summed E-state index contributed by atoms with van der Waals surface area (Å²) in [7, 11) is 0. The van der Waals surface area contributed by atoms with Crippen LogP contribution >= 0.6 is 11.3 Å². The van der Waals surface area contributed by atoms with Crippen molar-refractivity contribution in [3.05, 3.63) is 46.1 Å². The number of furan rings is 1. The molecular weight excluding hydrogens is 298 g/mol. The predicted octanol–water partition coefficient (Wildman–Crippen LogP) is 2.91. The minimum absolute atomic E-state index is 0.412. The summed E-state index contributed by atoms with van der Waals surface area (Å²) in [5, 5.41) is 13.8. The summed E-state index contributed by atoms with van der Waals surface area (Å²) in [6.45, 7) is 8.79. The first-order valence-corrected chi connectivity index (χ1v) is 8.12. The zero-order valence-corrected chi connectivity index (χ0v) is 14.1. The molecular formula is C16H21N3O2S. The first-order chi connectivity index (χ1) is 10.4. The van der Waals surface area contributed by atoms with Gasteiger partial charge >= 0.3 is 0 Å². The quantitative estimate of drug-likeness (QED) is 0.759. The van der Waals surface area contributed by atoms with Crippen molar-refractivity contribution in [3.8, 4) is 0 Å². The average molecular weight is 319 g/mol. The Morgan fingerprint density at radius 2 is 2.14 bits per heavy atom. The number of imidazole rings is 1. The zero-order valence-electron chi connectivity index (χ0n) is 13.3. The maximum absolute atomic E-state index is 10.5. The largest absolute Gasteiger partial charge is 0.463 e. The number of aryl methyl sites for hydroxylation is 3. The van der Waals surface area contributed by atoms with Crippen molar-refractivity contribution in [1.82, 2.24) is 14.7 Å². The maximum atomic E-state index is 10.5. The Kier molecular flexibility index (Phi) is 3.84. The second-order valence-electron chi connectivity index (χ2n) is 5.93. The van der Waals surface area contributed by atoms with Crippen molar-refractivity contribution in [1.29, 1.82) is 0 Å². The predicted molar refractivity (Wildman–Crippen MR) is 87.3 cm³/mol. The van der Waals surface area contributed by atoms with E-state index in [1.54, 1.807) is 18.3 Å². The SMILES string of the molecule is Cc1ccc(C(C)(O)CNCc2c(C)nc3sc(C)cn23)o1. The third-order valence-corrected chi connectivity index (χ3v) is 4.67. The summed E-state index contributed by atoms with van der Waals surface area (Å²) < 4.78 is 7.65. The van der Waals surface area contributed by atoms with E-state index in [1.807, 2.05) is 26.0 Å². The van der Waals surface area contributed by atoms with Crippen LogP contribution < -0.4 is 5.32 Å². The highest BCUT2D eigenvalue weighted by molar-refractivity contribution is 7.17. The van der Waals surface area contributed by atoms with Crippen LogP contribution in [0.2, 0.25) is 0 Å². The van der Waals surface area contributed by atoms with E-state index >= 15 is 0 Å². The molecule has 0 aromatic carbocycles. The lowest BCUT2D eigenvalue weighted by molar-refractivity contribution is 0.0332. The van der Waals surface area contributed by atoms with Crippen LogP contribution in [0.15, 0.2) is 22.7 Å². The Morgan fingerprint density at radius 3 is 2.82 bits per heavy atom. The van der Waals surface area contributed by atoms with E-state index in [4.69, 9.17) is 4.42 Å². The molecule has 0 amide bonds. The Labute approximate surface area is 133 Å². The molecule has 0 aliphatic rings. The second kappa shape index (κ2) is 5.53. The number of aromatic nitrogens is 2. The van der Waals surface area contributed by atoms with Gasteiger partial charge in [0.05, 0.1) is 11.4 Å². The molecule has 0 aliphatic carbocycles. The van der Waals surface area contributed by atoms with E-state index in [0.29, 0.717) is 18.8 Å². The van der Waals surface area contributed by atoms with E-state index in [1.165, 1.54) is 4.88 Å². The van der Waals surface area contributed by atoms with Gasteiger partial charge in [-0.05, 0) is 39.8 Å². The van der Waals surface area contributed by atoms with Crippen molar-refractivity contribution in [2.75, 3.05) is 6.54 Å². The van der Waals surface area contributed by atoms with Crippen LogP contribution in [0.5, 0.6) is 0 Å². The van der Waals surface area contributed by atoms with Gasteiger partial charge in [-0.1, -0.05) is 0 Å². The van der Waals surface area contributed by atoms with Gasteiger partial charge in [0.2, 0.25) is 0 Å². The van der Waals surface area contributed by atoms with Gasteiger partial charge in [-0.15, -0.1) is 11.3 Å². The van der Waals surface area contributed by atoms with Crippen LogP contribution in [0.3, 0.4) is 0 Å². The molecule has 0 saturated heterocycles. The van der Waals surface area contributed by atoms with Crippen LogP contribution in [0.1, 0.15) is 34.7 Å². The summed E-state index contributed by atoms with van der Waals surface area (Å²) in [5.41, 5.74) is 1.12.